The van der Waals surface area contributed by atoms with E-state index in [0.717, 1.165) is 12.8 Å². The highest BCUT2D eigenvalue weighted by molar-refractivity contribution is 5.69. The molecule has 0 aliphatic rings. The Balaban J connectivity index is 3.34. The van der Waals surface area contributed by atoms with E-state index in [4.69, 9.17) is 4.74 Å². The van der Waals surface area contributed by atoms with Crippen LogP contribution in [-0.4, -0.2) is 12.6 Å². The van der Waals surface area contributed by atoms with Crippen LogP contribution in [0.25, 0.3) is 0 Å². The van der Waals surface area contributed by atoms with Crippen LogP contribution in [0.1, 0.15) is 66.2 Å². The maximum Gasteiger partial charge on any atom is 0.305 e. The molecule has 0 aromatic rings. The van der Waals surface area contributed by atoms with Crippen molar-refractivity contribution in [2.24, 2.45) is 5.41 Å². The Morgan fingerprint density at radius 3 is 2.20 bits per heavy atom. The first-order valence-electron chi connectivity index (χ1n) is 6.11. The van der Waals surface area contributed by atoms with Crippen LogP contribution < -0.4 is 0 Å². The summed E-state index contributed by atoms with van der Waals surface area (Å²) in [5.74, 6) is -0.0403. The second-order valence-electron chi connectivity index (χ2n) is 5.39. The molecule has 0 saturated carbocycles. The first kappa shape index (κ1) is 14.5. The quantitative estimate of drug-likeness (QED) is 0.474. The van der Waals surface area contributed by atoms with E-state index in [1.807, 2.05) is 0 Å². The minimum absolute atomic E-state index is 0.0403. The molecule has 0 aromatic carbocycles. The molecule has 0 amide bonds. The molecule has 0 fully saturated rings. The number of ether oxygens (including phenoxy) is 1. The fraction of sp³-hybridized carbons (Fsp3) is 0.923. The summed E-state index contributed by atoms with van der Waals surface area (Å²) in [6, 6.07) is 0. The van der Waals surface area contributed by atoms with Crippen LogP contribution in [0.2, 0.25) is 0 Å². The lowest BCUT2D eigenvalue weighted by atomic mass is 9.99. The Bertz CT molecular complexity index is 168. The number of hydrogen-bond donors (Lipinski definition) is 0. The molecule has 0 radical (unpaired) electrons. The largest absolute Gasteiger partial charge is 0.465 e. The van der Waals surface area contributed by atoms with Gasteiger partial charge in [0.05, 0.1) is 6.61 Å². The molecule has 90 valence electrons. The Labute approximate surface area is 94.4 Å². The van der Waals surface area contributed by atoms with Gasteiger partial charge in [0.15, 0.2) is 0 Å². The molecule has 0 bridgehead atoms. The highest BCUT2D eigenvalue weighted by Crippen LogP contribution is 2.14. The van der Waals surface area contributed by atoms with Gasteiger partial charge < -0.3 is 4.74 Å². The molecular formula is C13H26O2. The minimum Gasteiger partial charge on any atom is -0.465 e. The molecule has 0 spiro atoms. The van der Waals surface area contributed by atoms with Crippen molar-refractivity contribution in [1.82, 2.24) is 0 Å². The predicted octanol–water partition coefficient (Wildman–Crippen LogP) is 3.94. The molecule has 0 heterocycles. The molecule has 0 N–H and O–H groups in total. The molecule has 0 unspecified atom stereocenters. The lowest BCUT2D eigenvalue weighted by Crippen LogP contribution is -2.18. The van der Waals surface area contributed by atoms with Crippen LogP contribution in [-0.2, 0) is 9.53 Å². The molecule has 0 aliphatic carbocycles. The Morgan fingerprint density at radius 2 is 1.67 bits per heavy atom. The van der Waals surface area contributed by atoms with Gasteiger partial charge in [-0.15, -0.1) is 0 Å². The lowest BCUT2D eigenvalue weighted by Gasteiger charge is -2.17. The normalized spacial score (nSPS) is 11.5. The number of esters is 1. The zero-order chi connectivity index (χ0) is 11.7. The van der Waals surface area contributed by atoms with E-state index in [1.165, 1.54) is 19.3 Å². The molecule has 0 saturated heterocycles. The monoisotopic (exact) mass is 214 g/mol. The third kappa shape index (κ3) is 11.4. The Kier molecular flexibility index (Phi) is 7.45. The van der Waals surface area contributed by atoms with Crippen LogP contribution >= 0.6 is 0 Å². The van der Waals surface area contributed by atoms with Crippen molar-refractivity contribution < 1.29 is 9.53 Å². The van der Waals surface area contributed by atoms with E-state index in [9.17, 15) is 4.79 Å². The number of carbonyl (C=O) groups excluding carboxylic acids is 1. The smallest absolute Gasteiger partial charge is 0.305 e. The fourth-order valence-electron chi connectivity index (χ4n) is 1.24. The average molecular weight is 214 g/mol. The van der Waals surface area contributed by atoms with Gasteiger partial charge in [-0.3, -0.25) is 4.79 Å². The summed E-state index contributed by atoms with van der Waals surface area (Å²) < 4.78 is 5.17. The topological polar surface area (TPSA) is 26.3 Å². The van der Waals surface area contributed by atoms with Crippen LogP contribution in [0, 0.1) is 5.41 Å². The predicted molar refractivity (Wildman–Crippen MR) is 63.8 cm³/mol. The minimum atomic E-state index is -0.0403. The van der Waals surface area contributed by atoms with Gasteiger partial charge in [0.1, 0.15) is 0 Å². The molecule has 0 aromatic heterocycles. The van der Waals surface area contributed by atoms with Gasteiger partial charge in [-0.1, -0.05) is 53.4 Å². The second kappa shape index (κ2) is 7.72. The zero-order valence-electron chi connectivity index (χ0n) is 10.8. The van der Waals surface area contributed by atoms with Crippen LogP contribution in [0.5, 0.6) is 0 Å². The van der Waals surface area contributed by atoms with Crippen molar-refractivity contribution in [2.45, 2.75) is 66.2 Å². The standard InChI is InChI=1S/C13H26O2/c1-5-6-7-8-9-10-12(14)15-11-13(2,3)4/h5-11H2,1-4H3. The van der Waals surface area contributed by atoms with Crippen molar-refractivity contribution in [2.75, 3.05) is 6.61 Å². The van der Waals surface area contributed by atoms with Crippen molar-refractivity contribution in [3.8, 4) is 0 Å². The number of carbonyl (C=O) groups is 1. The van der Waals surface area contributed by atoms with Gasteiger partial charge in [-0.2, -0.15) is 0 Å². The number of rotatable bonds is 7. The third-order valence-corrected chi connectivity index (χ3v) is 2.15. The maximum absolute atomic E-state index is 11.3. The first-order valence-corrected chi connectivity index (χ1v) is 6.11. The fourth-order valence-corrected chi connectivity index (χ4v) is 1.24. The van der Waals surface area contributed by atoms with Crippen molar-refractivity contribution >= 4 is 5.97 Å². The summed E-state index contributed by atoms with van der Waals surface area (Å²) >= 11 is 0. The Hall–Kier alpha value is -0.530. The van der Waals surface area contributed by atoms with Crippen LogP contribution in [0.3, 0.4) is 0 Å². The number of hydrogen-bond acceptors (Lipinski definition) is 2. The molecule has 0 aliphatic heterocycles. The molecule has 2 nitrogen and oxygen atoms in total. The first-order chi connectivity index (χ1) is 6.95. The van der Waals surface area contributed by atoms with Gasteiger partial charge in [-0.25, -0.2) is 0 Å². The van der Waals surface area contributed by atoms with Crippen LogP contribution in [0.4, 0.5) is 0 Å². The van der Waals surface area contributed by atoms with Gasteiger partial charge in [-0.05, 0) is 11.8 Å². The lowest BCUT2D eigenvalue weighted by molar-refractivity contribution is -0.146. The van der Waals surface area contributed by atoms with E-state index in [0.29, 0.717) is 13.0 Å². The van der Waals surface area contributed by atoms with Gasteiger partial charge in [0.25, 0.3) is 0 Å². The summed E-state index contributed by atoms with van der Waals surface area (Å²) in [5, 5.41) is 0. The van der Waals surface area contributed by atoms with E-state index >= 15 is 0 Å². The van der Waals surface area contributed by atoms with Gasteiger partial charge in [0, 0.05) is 6.42 Å². The number of unbranched alkanes of at least 4 members (excludes halogenated alkanes) is 4. The van der Waals surface area contributed by atoms with E-state index in [-0.39, 0.29) is 11.4 Å². The second-order valence-corrected chi connectivity index (χ2v) is 5.39. The van der Waals surface area contributed by atoms with Gasteiger partial charge >= 0.3 is 5.97 Å². The van der Waals surface area contributed by atoms with E-state index < -0.39 is 0 Å². The molecule has 15 heavy (non-hydrogen) atoms. The molecule has 2 heteroatoms. The summed E-state index contributed by atoms with van der Waals surface area (Å²) in [4.78, 5) is 11.3. The summed E-state index contributed by atoms with van der Waals surface area (Å²) in [6.07, 6.45) is 6.47. The molecule has 0 rings (SSSR count). The summed E-state index contributed by atoms with van der Waals surface area (Å²) in [6.45, 7) is 8.93. The highest BCUT2D eigenvalue weighted by atomic mass is 16.5. The summed E-state index contributed by atoms with van der Waals surface area (Å²) in [5.41, 5.74) is 0.0812. The Morgan fingerprint density at radius 1 is 1.07 bits per heavy atom. The SMILES string of the molecule is CCCCCCCC(=O)OCC(C)(C)C. The average Bonchev–Trinajstić information content (AvgIpc) is 2.13. The molecular weight excluding hydrogens is 188 g/mol. The van der Waals surface area contributed by atoms with E-state index in [2.05, 4.69) is 27.7 Å². The maximum atomic E-state index is 11.3. The highest BCUT2D eigenvalue weighted by Gasteiger charge is 2.13. The summed E-state index contributed by atoms with van der Waals surface area (Å²) in [7, 11) is 0. The van der Waals surface area contributed by atoms with Crippen molar-refractivity contribution in [3.05, 3.63) is 0 Å². The van der Waals surface area contributed by atoms with Gasteiger partial charge in [0.2, 0.25) is 0 Å². The molecule has 0 atom stereocenters. The van der Waals surface area contributed by atoms with E-state index in [1.54, 1.807) is 0 Å². The third-order valence-electron chi connectivity index (χ3n) is 2.15. The van der Waals surface area contributed by atoms with Crippen molar-refractivity contribution in [3.63, 3.8) is 0 Å². The zero-order valence-corrected chi connectivity index (χ0v) is 10.8. The van der Waals surface area contributed by atoms with Crippen molar-refractivity contribution in [1.29, 1.82) is 0 Å². The van der Waals surface area contributed by atoms with Crippen LogP contribution in [0.15, 0.2) is 0 Å².